The van der Waals surface area contributed by atoms with Crippen LogP contribution in [0.2, 0.25) is 0 Å². The lowest BCUT2D eigenvalue weighted by Crippen LogP contribution is -2.03. The van der Waals surface area contributed by atoms with Crippen molar-refractivity contribution in [3.05, 3.63) is 59.7 Å². The lowest BCUT2D eigenvalue weighted by molar-refractivity contribution is -0.133. The van der Waals surface area contributed by atoms with Crippen LogP contribution in [0.25, 0.3) is 0 Å². The van der Waals surface area contributed by atoms with Gasteiger partial charge < -0.3 is 10.2 Å². The highest BCUT2D eigenvalue weighted by Crippen LogP contribution is 2.08. The molecule has 0 aliphatic heterocycles. The molecule has 0 saturated carbocycles. The van der Waals surface area contributed by atoms with Crippen LogP contribution in [0.4, 0.5) is 0 Å². The predicted octanol–water partition coefficient (Wildman–Crippen LogP) is 1.88. The molecule has 17 heavy (non-hydrogen) atoms. The van der Waals surface area contributed by atoms with Gasteiger partial charge in [0.15, 0.2) is 0 Å². The summed E-state index contributed by atoms with van der Waals surface area (Å²) < 4.78 is 0. The van der Waals surface area contributed by atoms with Crippen molar-refractivity contribution in [3.8, 4) is 0 Å². The van der Waals surface area contributed by atoms with Gasteiger partial charge in [-0.25, -0.2) is 9.59 Å². The Hall–Kier alpha value is -2.36. The maximum Gasteiger partial charge on any atom is 0.331 e. The normalized spacial score (nSPS) is 11.6. The highest BCUT2D eigenvalue weighted by Gasteiger charge is 2.06. The number of rotatable bonds is 5. The Morgan fingerprint density at radius 1 is 1.12 bits per heavy atom. The van der Waals surface area contributed by atoms with E-state index in [-0.39, 0.29) is 12.0 Å². The zero-order valence-electron chi connectivity index (χ0n) is 9.04. The van der Waals surface area contributed by atoms with Crippen molar-refractivity contribution in [3.63, 3.8) is 0 Å². The molecule has 1 aromatic carbocycles. The van der Waals surface area contributed by atoms with Gasteiger partial charge in [-0.2, -0.15) is 0 Å². The average molecular weight is 232 g/mol. The minimum absolute atomic E-state index is 0.147. The van der Waals surface area contributed by atoms with E-state index in [1.165, 1.54) is 12.2 Å². The van der Waals surface area contributed by atoms with Gasteiger partial charge in [0.05, 0.1) is 0 Å². The van der Waals surface area contributed by atoms with E-state index < -0.39 is 11.9 Å². The lowest BCUT2D eigenvalue weighted by Gasteiger charge is -2.01. The first kappa shape index (κ1) is 12.7. The van der Waals surface area contributed by atoms with Gasteiger partial charge in [-0.05, 0) is 5.56 Å². The monoisotopic (exact) mass is 232 g/mol. The van der Waals surface area contributed by atoms with E-state index in [0.717, 1.165) is 11.6 Å². The third-order valence-corrected chi connectivity index (χ3v) is 2.05. The van der Waals surface area contributed by atoms with Crippen molar-refractivity contribution in [1.29, 1.82) is 0 Å². The van der Waals surface area contributed by atoms with Gasteiger partial charge in [-0.3, -0.25) is 0 Å². The molecule has 0 heterocycles. The van der Waals surface area contributed by atoms with E-state index in [4.69, 9.17) is 10.2 Å². The minimum Gasteiger partial charge on any atom is -0.478 e. The summed E-state index contributed by atoms with van der Waals surface area (Å²) in [6.07, 6.45) is 3.67. The Morgan fingerprint density at radius 3 is 2.29 bits per heavy atom. The second-order valence-corrected chi connectivity index (χ2v) is 3.36. The number of aliphatic carboxylic acids is 2. The molecule has 0 saturated heterocycles. The molecule has 4 nitrogen and oxygen atoms in total. The summed E-state index contributed by atoms with van der Waals surface area (Å²) in [6.45, 7) is 0. The van der Waals surface area contributed by atoms with Gasteiger partial charge in [-0.15, -0.1) is 0 Å². The molecular formula is C13H12O4. The van der Waals surface area contributed by atoms with Crippen LogP contribution in [0.1, 0.15) is 5.56 Å². The zero-order valence-corrected chi connectivity index (χ0v) is 9.04. The maximum atomic E-state index is 10.9. The number of carbonyl (C=O) groups is 2. The van der Waals surface area contributed by atoms with Gasteiger partial charge in [0.1, 0.15) is 0 Å². The summed E-state index contributed by atoms with van der Waals surface area (Å²) in [5.41, 5.74) is 1.01. The summed E-state index contributed by atoms with van der Waals surface area (Å²) in [6, 6.07) is 9.12. The SMILES string of the molecule is O=C(O)/C=C\C=C(\Cc1ccccc1)C(=O)O. The summed E-state index contributed by atoms with van der Waals surface area (Å²) in [7, 11) is 0. The minimum atomic E-state index is -1.11. The number of allylic oxidation sites excluding steroid dienone is 2. The van der Waals surface area contributed by atoms with Gasteiger partial charge in [0, 0.05) is 18.1 Å². The van der Waals surface area contributed by atoms with Crippen LogP contribution in [0, 0.1) is 0 Å². The van der Waals surface area contributed by atoms with Crippen LogP contribution in [0.3, 0.4) is 0 Å². The zero-order chi connectivity index (χ0) is 12.7. The summed E-state index contributed by atoms with van der Waals surface area (Å²) in [5, 5.41) is 17.3. The van der Waals surface area contributed by atoms with Gasteiger partial charge in [0.25, 0.3) is 0 Å². The van der Waals surface area contributed by atoms with E-state index in [1.54, 1.807) is 0 Å². The van der Waals surface area contributed by atoms with Crippen LogP contribution in [-0.4, -0.2) is 22.2 Å². The quantitative estimate of drug-likeness (QED) is 0.600. The summed E-state index contributed by atoms with van der Waals surface area (Å²) in [4.78, 5) is 21.2. The number of hydrogen-bond acceptors (Lipinski definition) is 2. The fraction of sp³-hybridized carbons (Fsp3) is 0.0769. The van der Waals surface area contributed by atoms with Crippen LogP contribution in [-0.2, 0) is 16.0 Å². The molecule has 0 spiro atoms. The molecule has 0 radical (unpaired) electrons. The van der Waals surface area contributed by atoms with E-state index in [9.17, 15) is 9.59 Å². The first-order chi connectivity index (χ1) is 8.09. The second kappa shape index (κ2) is 6.27. The van der Waals surface area contributed by atoms with Crippen LogP contribution < -0.4 is 0 Å². The summed E-state index contributed by atoms with van der Waals surface area (Å²) >= 11 is 0. The Labute approximate surface area is 98.5 Å². The van der Waals surface area contributed by atoms with E-state index in [2.05, 4.69) is 0 Å². The third-order valence-electron chi connectivity index (χ3n) is 2.05. The molecule has 1 rings (SSSR count). The lowest BCUT2D eigenvalue weighted by atomic mass is 10.1. The van der Waals surface area contributed by atoms with Gasteiger partial charge in [0.2, 0.25) is 0 Å². The standard InChI is InChI=1S/C13H12O4/c14-12(15)8-4-7-11(13(16)17)9-10-5-2-1-3-6-10/h1-8H,9H2,(H,14,15)(H,16,17)/b8-4-,11-7-. The molecule has 0 aromatic heterocycles. The Morgan fingerprint density at radius 2 is 1.76 bits per heavy atom. The highest BCUT2D eigenvalue weighted by molar-refractivity contribution is 5.88. The van der Waals surface area contributed by atoms with E-state index in [1.807, 2.05) is 30.3 Å². The van der Waals surface area contributed by atoms with Crippen molar-refractivity contribution in [2.45, 2.75) is 6.42 Å². The third kappa shape index (κ3) is 4.79. The Bertz CT molecular complexity index is 458. The highest BCUT2D eigenvalue weighted by atomic mass is 16.4. The van der Waals surface area contributed by atoms with Gasteiger partial charge in [-0.1, -0.05) is 42.5 Å². The number of carboxylic acids is 2. The number of hydrogen-bond donors (Lipinski definition) is 2. The largest absolute Gasteiger partial charge is 0.478 e. The van der Waals surface area contributed by atoms with Crippen molar-refractivity contribution >= 4 is 11.9 Å². The molecule has 1 aromatic rings. The number of carboxylic acid groups (broad SMARTS) is 2. The van der Waals surface area contributed by atoms with Crippen molar-refractivity contribution < 1.29 is 19.8 Å². The Balaban J connectivity index is 2.81. The fourth-order valence-corrected chi connectivity index (χ4v) is 1.27. The summed E-state index contributed by atoms with van der Waals surface area (Å²) in [5.74, 6) is -2.16. The van der Waals surface area contributed by atoms with Crippen molar-refractivity contribution in [1.82, 2.24) is 0 Å². The smallest absolute Gasteiger partial charge is 0.331 e. The van der Waals surface area contributed by atoms with Crippen molar-refractivity contribution in [2.24, 2.45) is 0 Å². The average Bonchev–Trinajstić information content (AvgIpc) is 2.28. The van der Waals surface area contributed by atoms with Crippen molar-refractivity contribution in [2.75, 3.05) is 0 Å². The molecule has 0 amide bonds. The first-order valence-corrected chi connectivity index (χ1v) is 4.97. The Kier molecular flexibility index (Phi) is 4.69. The molecule has 0 fully saturated rings. The van der Waals surface area contributed by atoms with Crippen LogP contribution in [0.15, 0.2) is 54.1 Å². The van der Waals surface area contributed by atoms with Crippen LogP contribution in [0.5, 0.6) is 0 Å². The van der Waals surface area contributed by atoms with E-state index >= 15 is 0 Å². The molecule has 0 aliphatic carbocycles. The topological polar surface area (TPSA) is 74.6 Å². The predicted molar refractivity (Wildman–Crippen MR) is 62.6 cm³/mol. The molecule has 0 aliphatic rings. The molecule has 0 atom stereocenters. The molecule has 2 N–H and O–H groups in total. The molecule has 4 heteroatoms. The van der Waals surface area contributed by atoms with Gasteiger partial charge >= 0.3 is 11.9 Å². The molecule has 0 unspecified atom stereocenters. The second-order valence-electron chi connectivity index (χ2n) is 3.36. The maximum absolute atomic E-state index is 10.9. The number of benzene rings is 1. The molecular weight excluding hydrogens is 220 g/mol. The molecule has 88 valence electrons. The molecule has 0 bridgehead atoms. The fourth-order valence-electron chi connectivity index (χ4n) is 1.27. The van der Waals surface area contributed by atoms with E-state index in [0.29, 0.717) is 0 Å². The first-order valence-electron chi connectivity index (χ1n) is 4.97. The van der Waals surface area contributed by atoms with Crippen LogP contribution >= 0.6 is 0 Å².